The Balaban J connectivity index is 1.54. The topological polar surface area (TPSA) is 69.0 Å². The molecule has 0 aliphatic rings. The zero-order chi connectivity index (χ0) is 21.6. The molecular weight excluding hydrogens is 448 g/mol. The summed E-state index contributed by atoms with van der Waals surface area (Å²) in [6.45, 7) is 2.66. The molecule has 0 spiro atoms. The highest BCUT2D eigenvalue weighted by atomic mass is 32.2. The molecule has 0 bridgehead atoms. The predicted molar refractivity (Wildman–Crippen MR) is 128 cm³/mol. The number of aryl methyl sites for hydroxylation is 1. The normalized spacial score (nSPS) is 10.9. The van der Waals surface area contributed by atoms with Crippen LogP contribution >= 0.6 is 34.4 Å². The smallest absolute Gasteiger partial charge is 0.230 e. The molecule has 0 atom stereocenters. The molecule has 4 rings (SSSR count). The maximum atomic E-state index is 12.4. The van der Waals surface area contributed by atoms with Crippen LogP contribution in [0.25, 0.3) is 16.4 Å². The summed E-state index contributed by atoms with van der Waals surface area (Å²) in [5, 5.41) is 16.5. The quantitative estimate of drug-likeness (QED) is 0.355. The SMILES string of the molecule is COc1ccc(C)cc1-n1c(SCC(=O)NCCc2cccs2)nnc1-c1cccs1. The zero-order valence-corrected chi connectivity index (χ0v) is 19.6. The molecule has 0 fully saturated rings. The van der Waals surface area contributed by atoms with Crippen molar-refractivity contribution in [2.75, 3.05) is 19.4 Å². The Kier molecular flexibility index (Phi) is 7.06. The van der Waals surface area contributed by atoms with Gasteiger partial charge in [-0.2, -0.15) is 0 Å². The number of aromatic nitrogens is 3. The first kappa shape index (κ1) is 21.6. The standard InChI is InChI=1S/C22H22N4O2S3/c1-15-7-8-18(28-2)17(13-15)26-21(19-6-4-12-30-19)24-25-22(26)31-14-20(27)23-10-9-16-5-3-11-29-16/h3-8,11-13H,9-10,14H2,1-2H3,(H,23,27). The summed E-state index contributed by atoms with van der Waals surface area (Å²) in [6, 6.07) is 14.1. The molecule has 4 aromatic rings. The van der Waals surface area contributed by atoms with E-state index in [4.69, 9.17) is 4.74 Å². The molecule has 1 amide bonds. The molecule has 1 N–H and O–H groups in total. The van der Waals surface area contributed by atoms with Crippen LogP contribution in [0, 0.1) is 6.92 Å². The summed E-state index contributed by atoms with van der Waals surface area (Å²) in [5.74, 6) is 1.70. The lowest BCUT2D eigenvalue weighted by Crippen LogP contribution is -2.27. The third-order valence-electron chi connectivity index (χ3n) is 4.56. The Morgan fingerprint density at radius 2 is 2.00 bits per heavy atom. The maximum absolute atomic E-state index is 12.4. The highest BCUT2D eigenvalue weighted by molar-refractivity contribution is 7.99. The summed E-state index contributed by atoms with van der Waals surface area (Å²) < 4.78 is 7.58. The molecule has 0 radical (unpaired) electrons. The van der Waals surface area contributed by atoms with Gasteiger partial charge in [-0.05, 0) is 53.9 Å². The lowest BCUT2D eigenvalue weighted by molar-refractivity contribution is -0.118. The van der Waals surface area contributed by atoms with Crippen LogP contribution in [0.5, 0.6) is 5.75 Å². The van der Waals surface area contributed by atoms with E-state index in [2.05, 4.69) is 21.6 Å². The number of benzene rings is 1. The summed E-state index contributed by atoms with van der Waals surface area (Å²) in [6.07, 6.45) is 0.841. The highest BCUT2D eigenvalue weighted by Crippen LogP contribution is 2.34. The van der Waals surface area contributed by atoms with E-state index in [-0.39, 0.29) is 11.7 Å². The fourth-order valence-corrected chi connectivity index (χ4v) is 5.26. The van der Waals surface area contributed by atoms with Crippen molar-refractivity contribution in [3.63, 3.8) is 0 Å². The molecule has 0 unspecified atom stereocenters. The van der Waals surface area contributed by atoms with Crippen LogP contribution in [0.3, 0.4) is 0 Å². The van der Waals surface area contributed by atoms with Crippen LogP contribution in [-0.4, -0.2) is 40.1 Å². The molecule has 3 heterocycles. The van der Waals surface area contributed by atoms with Crippen molar-refractivity contribution in [3.8, 4) is 22.1 Å². The van der Waals surface area contributed by atoms with Crippen LogP contribution in [0.15, 0.2) is 58.4 Å². The van der Waals surface area contributed by atoms with E-state index in [1.807, 2.05) is 58.6 Å². The van der Waals surface area contributed by atoms with Gasteiger partial charge < -0.3 is 10.1 Å². The fraction of sp³-hybridized carbons (Fsp3) is 0.227. The maximum Gasteiger partial charge on any atom is 0.230 e. The van der Waals surface area contributed by atoms with E-state index in [0.29, 0.717) is 11.7 Å². The Morgan fingerprint density at radius 3 is 2.74 bits per heavy atom. The second-order valence-corrected chi connectivity index (χ2v) is 9.68. The van der Waals surface area contributed by atoms with E-state index in [1.165, 1.54) is 16.6 Å². The minimum absolute atomic E-state index is 0.0232. The largest absolute Gasteiger partial charge is 0.495 e. The van der Waals surface area contributed by atoms with E-state index in [9.17, 15) is 4.79 Å². The minimum Gasteiger partial charge on any atom is -0.495 e. The van der Waals surface area contributed by atoms with Gasteiger partial charge >= 0.3 is 0 Å². The van der Waals surface area contributed by atoms with Gasteiger partial charge in [-0.1, -0.05) is 30.0 Å². The lowest BCUT2D eigenvalue weighted by atomic mass is 10.2. The van der Waals surface area contributed by atoms with Crippen molar-refractivity contribution < 1.29 is 9.53 Å². The number of ether oxygens (including phenoxy) is 1. The Labute approximate surface area is 193 Å². The lowest BCUT2D eigenvalue weighted by Gasteiger charge is -2.14. The average molecular weight is 471 g/mol. The van der Waals surface area contributed by atoms with Crippen molar-refractivity contribution >= 4 is 40.3 Å². The number of carbonyl (C=O) groups excluding carboxylic acids is 1. The number of rotatable bonds is 9. The number of amides is 1. The Hall–Kier alpha value is -2.62. The van der Waals surface area contributed by atoms with E-state index in [1.54, 1.807) is 29.8 Å². The summed E-state index contributed by atoms with van der Waals surface area (Å²) in [4.78, 5) is 14.7. The Morgan fingerprint density at radius 1 is 1.16 bits per heavy atom. The van der Waals surface area contributed by atoms with Gasteiger partial charge in [-0.25, -0.2) is 0 Å². The average Bonchev–Trinajstić information content (AvgIpc) is 3.53. The number of nitrogens with one attached hydrogen (secondary N) is 1. The van der Waals surface area contributed by atoms with Crippen molar-refractivity contribution in [2.45, 2.75) is 18.5 Å². The number of thiophene rings is 2. The predicted octanol–water partition coefficient (Wildman–Crippen LogP) is 4.83. The summed E-state index contributed by atoms with van der Waals surface area (Å²) in [7, 11) is 1.65. The molecule has 1 aromatic carbocycles. The van der Waals surface area contributed by atoms with Crippen LogP contribution in [0.1, 0.15) is 10.4 Å². The molecule has 0 saturated carbocycles. The molecule has 0 aliphatic heterocycles. The molecule has 3 aromatic heterocycles. The second-order valence-electron chi connectivity index (χ2n) is 6.76. The first-order chi connectivity index (χ1) is 15.2. The molecule has 0 saturated heterocycles. The number of hydrogen-bond donors (Lipinski definition) is 1. The van der Waals surface area contributed by atoms with Gasteiger partial charge in [-0.3, -0.25) is 9.36 Å². The van der Waals surface area contributed by atoms with Gasteiger partial charge in [0.15, 0.2) is 11.0 Å². The van der Waals surface area contributed by atoms with Crippen molar-refractivity contribution in [2.24, 2.45) is 0 Å². The van der Waals surface area contributed by atoms with Gasteiger partial charge in [0.1, 0.15) is 5.75 Å². The molecule has 0 aliphatic carbocycles. The number of carbonyl (C=O) groups is 1. The van der Waals surface area contributed by atoms with Gasteiger partial charge in [0, 0.05) is 11.4 Å². The Bertz CT molecular complexity index is 1140. The van der Waals surface area contributed by atoms with E-state index >= 15 is 0 Å². The van der Waals surface area contributed by atoms with Gasteiger partial charge in [0.05, 0.1) is 23.4 Å². The van der Waals surface area contributed by atoms with Crippen molar-refractivity contribution in [3.05, 3.63) is 63.7 Å². The van der Waals surface area contributed by atoms with Gasteiger partial charge in [0.25, 0.3) is 0 Å². The molecule has 31 heavy (non-hydrogen) atoms. The molecule has 6 nitrogen and oxygen atoms in total. The van der Waals surface area contributed by atoms with Crippen molar-refractivity contribution in [1.82, 2.24) is 20.1 Å². The highest BCUT2D eigenvalue weighted by Gasteiger charge is 2.20. The third kappa shape index (κ3) is 5.17. The first-order valence-corrected chi connectivity index (χ1v) is 12.5. The van der Waals surface area contributed by atoms with Crippen LogP contribution < -0.4 is 10.1 Å². The van der Waals surface area contributed by atoms with E-state index in [0.717, 1.165) is 34.1 Å². The van der Waals surface area contributed by atoms with Gasteiger partial charge in [-0.15, -0.1) is 32.9 Å². The monoisotopic (exact) mass is 470 g/mol. The van der Waals surface area contributed by atoms with Crippen molar-refractivity contribution in [1.29, 1.82) is 0 Å². The number of nitrogens with zero attached hydrogens (tertiary/aromatic N) is 3. The minimum atomic E-state index is -0.0232. The van der Waals surface area contributed by atoms with Crippen LogP contribution in [0.4, 0.5) is 0 Å². The number of methoxy groups -OCH3 is 1. The summed E-state index contributed by atoms with van der Waals surface area (Å²) >= 11 is 4.67. The first-order valence-electron chi connectivity index (χ1n) is 9.72. The number of hydrogen-bond acceptors (Lipinski definition) is 7. The van der Waals surface area contributed by atoms with Gasteiger partial charge in [0.2, 0.25) is 5.91 Å². The fourth-order valence-electron chi connectivity index (χ4n) is 3.08. The zero-order valence-electron chi connectivity index (χ0n) is 17.2. The van der Waals surface area contributed by atoms with Crippen LogP contribution in [-0.2, 0) is 11.2 Å². The number of thioether (sulfide) groups is 1. The van der Waals surface area contributed by atoms with E-state index < -0.39 is 0 Å². The molecule has 160 valence electrons. The molecule has 9 heteroatoms. The second kappa shape index (κ2) is 10.1. The summed E-state index contributed by atoms with van der Waals surface area (Å²) in [5.41, 5.74) is 1.96. The van der Waals surface area contributed by atoms with Crippen LogP contribution in [0.2, 0.25) is 0 Å². The third-order valence-corrected chi connectivity index (χ3v) is 7.29. The molecular formula is C22H22N4O2S3.